The van der Waals surface area contributed by atoms with Gasteiger partial charge in [-0.15, -0.1) is 0 Å². The molecule has 2 atom stereocenters. The second kappa shape index (κ2) is 16.6. The minimum atomic E-state index is -4.67. The Kier molecular flexibility index (Phi) is 11.9. The van der Waals surface area contributed by atoms with Crippen molar-refractivity contribution in [2.24, 2.45) is 0 Å². The van der Waals surface area contributed by atoms with Crippen LogP contribution in [-0.2, 0) is 24.1 Å². The number of carboxylic acid groups (broad SMARTS) is 1. The van der Waals surface area contributed by atoms with Crippen LogP contribution in [0.2, 0.25) is 0 Å². The van der Waals surface area contributed by atoms with Gasteiger partial charge in [-0.05, 0) is 103 Å². The summed E-state index contributed by atoms with van der Waals surface area (Å²) < 4.78 is 54.4. The number of β-amino-alcohol motifs (C(OH)–C–C–N with tert-alkyl or cyclic N) is 1. The zero-order valence-electron chi connectivity index (χ0n) is 31.2. The Morgan fingerprint density at radius 1 is 0.909 bits per heavy atom. The van der Waals surface area contributed by atoms with E-state index in [2.05, 4.69) is 15.2 Å². The summed E-state index contributed by atoms with van der Waals surface area (Å²) in [4.78, 5) is 33.4. The van der Waals surface area contributed by atoms with Gasteiger partial charge in [0, 0.05) is 43.0 Å². The van der Waals surface area contributed by atoms with E-state index in [0.29, 0.717) is 56.0 Å². The molecule has 290 valence electrons. The molecular weight excluding hydrogens is 713 g/mol. The summed E-state index contributed by atoms with van der Waals surface area (Å²) in [5.74, 6) is -0.824. The highest BCUT2D eigenvalue weighted by Crippen LogP contribution is 2.39. The van der Waals surface area contributed by atoms with Crippen LogP contribution < -0.4 is 14.8 Å². The van der Waals surface area contributed by atoms with Crippen molar-refractivity contribution in [3.8, 4) is 22.8 Å². The molecule has 0 aliphatic carbocycles. The standard InChI is InChI=1S/C42H45F3N4O6/c1-25-27(13-14-28-21-38(54-3)30(20-34(28)42(43,44)45)23-49-18-7-12-37(49)41(52)53)8-5-9-32(25)33-10-6-11-35(26(33)2)46-39(51)36-16-15-29(40(47-36)55-4)22-48-19-17-31(50)24-48/h5-6,8-11,13-16,20-21,31,37,50H,7,12,17-19,22-24H2,1-4H3,(H,46,51)(H,52,53)/b14-13+/t31-,37+/m1/s1. The number of nitrogens with zero attached hydrogens (tertiary/aromatic N) is 3. The van der Waals surface area contributed by atoms with Crippen LogP contribution in [0, 0.1) is 13.8 Å². The van der Waals surface area contributed by atoms with Gasteiger partial charge in [0.25, 0.3) is 5.91 Å². The number of amides is 1. The molecule has 0 saturated carbocycles. The molecule has 3 aromatic carbocycles. The van der Waals surface area contributed by atoms with Crippen LogP contribution in [0.5, 0.6) is 11.6 Å². The number of nitrogens with one attached hydrogen (secondary N) is 1. The van der Waals surface area contributed by atoms with Crippen molar-refractivity contribution in [2.75, 3.05) is 39.2 Å². The van der Waals surface area contributed by atoms with E-state index in [1.807, 2.05) is 50.2 Å². The number of ether oxygens (including phenoxy) is 2. The zero-order chi connectivity index (χ0) is 39.4. The van der Waals surface area contributed by atoms with E-state index in [4.69, 9.17) is 9.47 Å². The van der Waals surface area contributed by atoms with Gasteiger partial charge < -0.3 is 25.0 Å². The number of aliphatic hydroxyl groups excluding tert-OH is 1. The van der Waals surface area contributed by atoms with Crippen molar-refractivity contribution in [1.82, 2.24) is 14.8 Å². The van der Waals surface area contributed by atoms with Crippen molar-refractivity contribution < 1.29 is 42.4 Å². The van der Waals surface area contributed by atoms with Gasteiger partial charge in [0.05, 0.1) is 25.9 Å². The van der Waals surface area contributed by atoms with Crippen molar-refractivity contribution >= 4 is 29.7 Å². The number of alkyl halides is 3. The fraction of sp³-hybridized carbons (Fsp3) is 0.357. The lowest BCUT2D eigenvalue weighted by molar-refractivity contribution is -0.142. The van der Waals surface area contributed by atoms with Gasteiger partial charge in [0.1, 0.15) is 17.5 Å². The lowest BCUT2D eigenvalue weighted by atomic mass is 9.92. The predicted octanol–water partition coefficient (Wildman–Crippen LogP) is 7.44. The summed E-state index contributed by atoms with van der Waals surface area (Å²) in [6, 6.07) is 16.2. The molecule has 0 bridgehead atoms. The molecular formula is C42H45F3N4O6. The molecule has 2 aliphatic rings. The van der Waals surface area contributed by atoms with E-state index >= 15 is 0 Å². The molecule has 2 aliphatic heterocycles. The maximum absolute atomic E-state index is 14.5. The molecule has 0 radical (unpaired) electrons. The van der Waals surface area contributed by atoms with Gasteiger partial charge >= 0.3 is 12.1 Å². The predicted molar refractivity (Wildman–Crippen MR) is 204 cm³/mol. The molecule has 0 unspecified atom stereocenters. The maximum Gasteiger partial charge on any atom is 0.417 e. The smallest absolute Gasteiger partial charge is 0.417 e. The quantitative estimate of drug-likeness (QED) is 0.127. The number of pyridine rings is 1. The highest BCUT2D eigenvalue weighted by Gasteiger charge is 2.36. The molecule has 0 spiro atoms. The number of aliphatic carboxylic acids is 1. The van der Waals surface area contributed by atoms with Gasteiger partial charge in [0.2, 0.25) is 5.88 Å². The highest BCUT2D eigenvalue weighted by molar-refractivity contribution is 6.04. The summed E-state index contributed by atoms with van der Waals surface area (Å²) in [5.41, 5.74) is 4.91. The normalized spacial score (nSPS) is 17.9. The number of carboxylic acids is 1. The van der Waals surface area contributed by atoms with Crippen LogP contribution in [0.15, 0.2) is 60.7 Å². The molecule has 3 N–H and O–H groups in total. The number of anilines is 1. The number of carbonyl (C=O) groups excluding carboxylic acids is 1. The van der Waals surface area contributed by atoms with Crippen molar-refractivity contribution in [3.63, 3.8) is 0 Å². The first kappa shape index (κ1) is 39.5. The number of methoxy groups -OCH3 is 2. The minimum absolute atomic E-state index is 0.0233. The third kappa shape index (κ3) is 8.85. The van der Waals surface area contributed by atoms with Crippen molar-refractivity contribution in [1.29, 1.82) is 0 Å². The minimum Gasteiger partial charge on any atom is -0.496 e. The van der Waals surface area contributed by atoms with Gasteiger partial charge in [-0.2, -0.15) is 13.2 Å². The molecule has 2 saturated heterocycles. The summed E-state index contributed by atoms with van der Waals surface area (Å²) in [7, 11) is 2.89. The van der Waals surface area contributed by atoms with Crippen molar-refractivity contribution in [2.45, 2.75) is 64.5 Å². The van der Waals surface area contributed by atoms with E-state index in [1.54, 1.807) is 23.1 Å². The number of likely N-dealkylation sites (tertiary alicyclic amines) is 2. The van der Waals surface area contributed by atoms with Crippen LogP contribution in [-0.4, -0.2) is 82.9 Å². The topological polar surface area (TPSA) is 124 Å². The highest BCUT2D eigenvalue weighted by atomic mass is 19.4. The first-order chi connectivity index (χ1) is 26.3. The Morgan fingerprint density at radius 3 is 2.31 bits per heavy atom. The molecule has 4 aromatic rings. The van der Waals surface area contributed by atoms with Gasteiger partial charge in [-0.1, -0.05) is 42.5 Å². The van der Waals surface area contributed by atoms with E-state index in [9.17, 15) is 33.0 Å². The number of hydrogen-bond donors (Lipinski definition) is 3. The zero-order valence-corrected chi connectivity index (χ0v) is 31.2. The van der Waals surface area contributed by atoms with E-state index in [1.165, 1.54) is 26.4 Å². The van der Waals surface area contributed by atoms with Gasteiger partial charge in [-0.25, -0.2) is 4.98 Å². The fourth-order valence-corrected chi connectivity index (χ4v) is 7.50. The van der Waals surface area contributed by atoms with Crippen molar-refractivity contribution in [3.05, 3.63) is 105 Å². The first-order valence-electron chi connectivity index (χ1n) is 18.2. The molecule has 2 fully saturated rings. The monoisotopic (exact) mass is 758 g/mol. The number of carbonyl (C=O) groups is 2. The Morgan fingerprint density at radius 2 is 1.64 bits per heavy atom. The summed E-state index contributed by atoms with van der Waals surface area (Å²) in [6.07, 6.45) is -0.165. The van der Waals surface area contributed by atoms with Crippen LogP contribution in [0.25, 0.3) is 23.3 Å². The van der Waals surface area contributed by atoms with Crippen LogP contribution >= 0.6 is 0 Å². The number of hydrogen-bond acceptors (Lipinski definition) is 8. The largest absolute Gasteiger partial charge is 0.496 e. The number of rotatable bonds is 12. The number of aromatic nitrogens is 1. The Hall–Kier alpha value is -5.24. The Labute approximate surface area is 318 Å². The summed E-state index contributed by atoms with van der Waals surface area (Å²) in [6.45, 7) is 6.16. The SMILES string of the molecule is COc1cc(/C=C/c2cccc(-c3cccc(NC(=O)c4ccc(CN5CC[C@@H](O)C5)c(OC)n4)c3C)c2C)c(C(F)(F)F)cc1CN1CCC[C@H]1C(=O)O. The van der Waals surface area contributed by atoms with E-state index in [-0.39, 0.29) is 35.2 Å². The second-order valence-electron chi connectivity index (χ2n) is 14.0. The fourth-order valence-electron chi connectivity index (χ4n) is 7.50. The molecule has 55 heavy (non-hydrogen) atoms. The average Bonchev–Trinajstić information content (AvgIpc) is 3.80. The first-order valence-corrected chi connectivity index (χ1v) is 18.2. The number of halogens is 3. The van der Waals surface area contributed by atoms with E-state index < -0.39 is 29.7 Å². The average molecular weight is 759 g/mol. The van der Waals surface area contributed by atoms with Gasteiger partial charge in [-0.3, -0.25) is 19.4 Å². The van der Waals surface area contributed by atoms with E-state index in [0.717, 1.165) is 40.4 Å². The summed E-state index contributed by atoms with van der Waals surface area (Å²) in [5, 5.41) is 22.4. The Bertz CT molecular complexity index is 2100. The third-order valence-corrected chi connectivity index (χ3v) is 10.5. The van der Waals surface area contributed by atoms with Crippen LogP contribution in [0.3, 0.4) is 0 Å². The number of aliphatic hydroxyl groups is 1. The molecule has 3 heterocycles. The number of benzene rings is 3. The molecule has 6 rings (SSSR count). The van der Waals surface area contributed by atoms with Gasteiger partial charge in [0.15, 0.2) is 0 Å². The lowest BCUT2D eigenvalue weighted by Gasteiger charge is -2.23. The van der Waals surface area contributed by atoms with Crippen LogP contribution in [0.1, 0.15) is 68.7 Å². The third-order valence-electron chi connectivity index (χ3n) is 10.5. The second-order valence-corrected chi connectivity index (χ2v) is 14.0. The Balaban J connectivity index is 1.24. The molecule has 10 nitrogen and oxygen atoms in total. The molecule has 1 amide bonds. The molecule has 13 heteroatoms. The lowest BCUT2D eigenvalue weighted by Crippen LogP contribution is -2.35. The summed E-state index contributed by atoms with van der Waals surface area (Å²) >= 11 is 0. The van der Waals surface area contributed by atoms with Crippen LogP contribution in [0.4, 0.5) is 18.9 Å². The molecule has 1 aromatic heterocycles. The maximum atomic E-state index is 14.5.